The van der Waals surface area contributed by atoms with Crippen molar-refractivity contribution in [2.75, 3.05) is 32.8 Å². The van der Waals surface area contributed by atoms with Crippen LogP contribution in [0, 0.1) is 17.8 Å². The van der Waals surface area contributed by atoms with Crippen LogP contribution in [0.1, 0.15) is 19.8 Å². The lowest BCUT2D eigenvalue weighted by Gasteiger charge is -2.34. The zero-order valence-corrected chi connectivity index (χ0v) is 11.3. The van der Waals surface area contributed by atoms with Crippen molar-refractivity contribution < 1.29 is 19.8 Å². The van der Waals surface area contributed by atoms with E-state index in [4.69, 9.17) is 5.11 Å². The number of nitrogens with zero attached hydrogens (tertiary/aromatic N) is 2. The van der Waals surface area contributed by atoms with Crippen molar-refractivity contribution in [2.24, 2.45) is 17.8 Å². The first kappa shape index (κ1) is 14.1. The molecule has 2 saturated heterocycles. The van der Waals surface area contributed by atoms with E-state index in [0.717, 1.165) is 12.8 Å². The largest absolute Gasteiger partial charge is 0.481 e. The normalized spacial score (nSPS) is 31.6. The molecule has 2 N–H and O–H groups in total. The first-order valence-corrected chi connectivity index (χ1v) is 6.90. The van der Waals surface area contributed by atoms with Gasteiger partial charge in [0.25, 0.3) is 0 Å². The van der Waals surface area contributed by atoms with Crippen molar-refractivity contribution in [2.45, 2.75) is 19.8 Å². The van der Waals surface area contributed by atoms with E-state index < -0.39 is 11.9 Å². The van der Waals surface area contributed by atoms with E-state index in [1.807, 2.05) is 6.92 Å². The molecule has 0 aromatic heterocycles. The number of aliphatic hydroxyl groups is 1. The van der Waals surface area contributed by atoms with Crippen LogP contribution in [0.2, 0.25) is 0 Å². The number of hydrogen-bond donors (Lipinski definition) is 2. The van der Waals surface area contributed by atoms with Gasteiger partial charge in [0.05, 0.1) is 5.92 Å². The van der Waals surface area contributed by atoms with Gasteiger partial charge in [-0.15, -0.1) is 0 Å². The first-order chi connectivity index (χ1) is 9.02. The molecule has 0 radical (unpaired) electrons. The molecule has 2 aliphatic rings. The fourth-order valence-corrected chi connectivity index (χ4v) is 3.03. The molecule has 0 aromatic rings. The average Bonchev–Trinajstić information content (AvgIpc) is 2.80. The van der Waals surface area contributed by atoms with E-state index in [9.17, 15) is 14.7 Å². The van der Waals surface area contributed by atoms with Crippen molar-refractivity contribution in [3.8, 4) is 0 Å². The Bertz CT molecular complexity index is 361. The number of rotatable bonds is 2. The van der Waals surface area contributed by atoms with Gasteiger partial charge in [-0.3, -0.25) is 4.79 Å². The number of aliphatic hydroxyl groups excluding tert-OH is 1. The summed E-state index contributed by atoms with van der Waals surface area (Å²) >= 11 is 0. The Morgan fingerprint density at radius 3 is 2.53 bits per heavy atom. The van der Waals surface area contributed by atoms with Crippen molar-refractivity contribution in [3.63, 3.8) is 0 Å². The summed E-state index contributed by atoms with van der Waals surface area (Å²) in [7, 11) is 0. The van der Waals surface area contributed by atoms with Gasteiger partial charge in [0.15, 0.2) is 0 Å². The molecule has 2 heterocycles. The minimum atomic E-state index is -0.824. The molecule has 0 aromatic carbocycles. The summed E-state index contributed by atoms with van der Waals surface area (Å²) < 4.78 is 0. The molecule has 2 aliphatic heterocycles. The predicted octanol–water partition coefficient (Wildman–Crippen LogP) is 0.463. The zero-order valence-electron chi connectivity index (χ0n) is 11.3. The van der Waals surface area contributed by atoms with Crippen molar-refractivity contribution in [1.82, 2.24) is 9.80 Å². The van der Waals surface area contributed by atoms with E-state index in [0.29, 0.717) is 26.2 Å². The van der Waals surface area contributed by atoms with E-state index in [2.05, 4.69) is 0 Å². The molecule has 3 atom stereocenters. The number of carboxylic acid groups (broad SMARTS) is 1. The lowest BCUT2D eigenvalue weighted by Crippen LogP contribution is -2.47. The summed E-state index contributed by atoms with van der Waals surface area (Å²) in [6.07, 6.45) is 1.86. The molecular weight excluding hydrogens is 248 g/mol. The Morgan fingerprint density at radius 1 is 1.21 bits per heavy atom. The zero-order chi connectivity index (χ0) is 14.0. The number of carboxylic acids is 1. The van der Waals surface area contributed by atoms with E-state index in [-0.39, 0.29) is 24.5 Å². The number of carbonyl (C=O) groups excluding carboxylic acids is 1. The average molecular weight is 270 g/mol. The van der Waals surface area contributed by atoms with Crippen LogP contribution in [0.25, 0.3) is 0 Å². The maximum Gasteiger partial charge on any atom is 0.320 e. The standard InChI is InChI=1S/C13H22N2O4/c1-9-5-15(7-11(9)12(17)18)13(19)14-4-2-3-10(6-14)8-16/h9-11,16H,2-8H2,1H3,(H,17,18)/t9-,10?,11-/m1/s1. The first-order valence-electron chi connectivity index (χ1n) is 6.90. The van der Waals surface area contributed by atoms with Gasteiger partial charge in [-0.1, -0.05) is 6.92 Å². The van der Waals surface area contributed by atoms with Crippen LogP contribution in [-0.4, -0.2) is 64.8 Å². The van der Waals surface area contributed by atoms with Crippen LogP contribution in [0.5, 0.6) is 0 Å². The number of likely N-dealkylation sites (tertiary alicyclic amines) is 2. The third-order valence-electron chi connectivity index (χ3n) is 4.25. The van der Waals surface area contributed by atoms with Gasteiger partial charge in [-0.05, 0) is 24.7 Å². The molecule has 0 bridgehead atoms. The second kappa shape index (κ2) is 5.77. The Balaban J connectivity index is 1.95. The fourth-order valence-electron chi connectivity index (χ4n) is 3.03. The highest BCUT2D eigenvalue weighted by atomic mass is 16.4. The highest BCUT2D eigenvalue weighted by Crippen LogP contribution is 2.25. The van der Waals surface area contributed by atoms with E-state index in [1.165, 1.54) is 0 Å². The molecule has 0 spiro atoms. The molecule has 6 heteroatoms. The van der Waals surface area contributed by atoms with Gasteiger partial charge in [-0.2, -0.15) is 0 Å². The minimum Gasteiger partial charge on any atom is -0.481 e. The monoisotopic (exact) mass is 270 g/mol. The number of hydrogen-bond acceptors (Lipinski definition) is 3. The van der Waals surface area contributed by atoms with Crippen LogP contribution in [0.15, 0.2) is 0 Å². The Hall–Kier alpha value is -1.30. The van der Waals surface area contributed by atoms with Crippen LogP contribution in [0.4, 0.5) is 4.79 Å². The number of carbonyl (C=O) groups is 2. The lowest BCUT2D eigenvalue weighted by molar-refractivity contribution is -0.142. The van der Waals surface area contributed by atoms with Gasteiger partial charge in [-0.25, -0.2) is 4.79 Å². The third kappa shape index (κ3) is 3.00. The number of piperidine rings is 1. The Morgan fingerprint density at radius 2 is 1.95 bits per heavy atom. The second-order valence-electron chi connectivity index (χ2n) is 5.75. The maximum absolute atomic E-state index is 12.4. The SMILES string of the molecule is C[C@@H]1CN(C(=O)N2CCCC(CO)C2)C[C@H]1C(=O)O. The molecule has 1 unspecified atom stereocenters. The van der Waals surface area contributed by atoms with Crippen molar-refractivity contribution >= 4 is 12.0 Å². The topological polar surface area (TPSA) is 81.1 Å². The van der Waals surface area contributed by atoms with Crippen LogP contribution >= 0.6 is 0 Å². The van der Waals surface area contributed by atoms with Crippen LogP contribution in [-0.2, 0) is 4.79 Å². The molecule has 108 valence electrons. The van der Waals surface area contributed by atoms with Crippen molar-refractivity contribution in [1.29, 1.82) is 0 Å². The van der Waals surface area contributed by atoms with E-state index in [1.54, 1.807) is 9.80 Å². The minimum absolute atomic E-state index is 0.000112. The number of amides is 2. The van der Waals surface area contributed by atoms with Gasteiger partial charge in [0.1, 0.15) is 0 Å². The highest BCUT2D eigenvalue weighted by molar-refractivity contribution is 5.77. The molecule has 6 nitrogen and oxygen atoms in total. The summed E-state index contributed by atoms with van der Waals surface area (Å²) in [5.74, 6) is -1.12. The highest BCUT2D eigenvalue weighted by Gasteiger charge is 2.39. The van der Waals surface area contributed by atoms with Crippen molar-refractivity contribution in [3.05, 3.63) is 0 Å². The van der Waals surface area contributed by atoms with Gasteiger partial charge in [0.2, 0.25) is 0 Å². The van der Waals surface area contributed by atoms with E-state index >= 15 is 0 Å². The molecule has 2 fully saturated rings. The maximum atomic E-state index is 12.4. The summed E-state index contributed by atoms with van der Waals surface area (Å²) in [5, 5.41) is 18.3. The molecular formula is C13H22N2O4. The number of urea groups is 1. The summed E-state index contributed by atoms with van der Waals surface area (Å²) in [5.41, 5.74) is 0. The molecule has 2 amide bonds. The lowest BCUT2D eigenvalue weighted by atomic mass is 9.99. The van der Waals surface area contributed by atoms with Crippen LogP contribution < -0.4 is 0 Å². The van der Waals surface area contributed by atoms with Crippen LogP contribution in [0.3, 0.4) is 0 Å². The van der Waals surface area contributed by atoms with Gasteiger partial charge < -0.3 is 20.0 Å². The van der Waals surface area contributed by atoms with Gasteiger partial charge >= 0.3 is 12.0 Å². The molecule has 0 saturated carbocycles. The van der Waals surface area contributed by atoms with Gasteiger partial charge in [0, 0.05) is 32.8 Å². The molecule has 0 aliphatic carbocycles. The smallest absolute Gasteiger partial charge is 0.320 e. The second-order valence-corrected chi connectivity index (χ2v) is 5.75. The fraction of sp³-hybridized carbons (Fsp3) is 0.846. The predicted molar refractivity (Wildman–Crippen MR) is 68.6 cm³/mol. The summed E-state index contributed by atoms with van der Waals surface area (Å²) in [6.45, 7) is 4.08. The Labute approximate surface area is 113 Å². The molecule has 2 rings (SSSR count). The molecule has 19 heavy (non-hydrogen) atoms. The quantitative estimate of drug-likeness (QED) is 0.764. The number of aliphatic carboxylic acids is 1. The summed E-state index contributed by atoms with van der Waals surface area (Å²) in [4.78, 5) is 26.8. The Kier molecular flexibility index (Phi) is 4.29. The third-order valence-corrected chi connectivity index (χ3v) is 4.25. The summed E-state index contributed by atoms with van der Waals surface area (Å²) in [6, 6.07) is -0.0752.